The summed E-state index contributed by atoms with van der Waals surface area (Å²) in [6.45, 7) is 0. The van der Waals surface area contributed by atoms with E-state index in [1.54, 1.807) is 11.3 Å². The summed E-state index contributed by atoms with van der Waals surface area (Å²) < 4.78 is 7.03. The van der Waals surface area contributed by atoms with Crippen molar-refractivity contribution in [3.05, 3.63) is 65.4 Å². The lowest BCUT2D eigenvalue weighted by Crippen LogP contribution is -2.12. The summed E-state index contributed by atoms with van der Waals surface area (Å²) in [7, 11) is 0. The van der Waals surface area contributed by atoms with Gasteiger partial charge in [-0.25, -0.2) is 4.98 Å². The first-order valence-electron chi connectivity index (χ1n) is 6.88. The van der Waals surface area contributed by atoms with Crippen LogP contribution in [0.4, 0.5) is 0 Å². The first kappa shape index (κ1) is 12.6. The summed E-state index contributed by atoms with van der Waals surface area (Å²) in [4.78, 5) is 4.63. The molecule has 0 fully saturated rings. The maximum Gasteiger partial charge on any atom is 0.134 e. The molecule has 0 aliphatic heterocycles. The molecule has 0 radical (unpaired) electrons. The highest BCUT2D eigenvalue weighted by atomic mass is 32.1. The molecule has 1 atom stereocenters. The van der Waals surface area contributed by atoms with Gasteiger partial charge in [-0.05, 0) is 24.3 Å². The van der Waals surface area contributed by atoms with Gasteiger partial charge in [0.15, 0.2) is 0 Å². The minimum Gasteiger partial charge on any atom is -0.459 e. The molecular weight excluding hydrogens is 280 g/mol. The van der Waals surface area contributed by atoms with E-state index in [-0.39, 0.29) is 6.04 Å². The third-order valence-electron chi connectivity index (χ3n) is 3.54. The summed E-state index contributed by atoms with van der Waals surface area (Å²) in [6, 6.07) is 18.0. The van der Waals surface area contributed by atoms with Crippen molar-refractivity contribution in [3.8, 4) is 0 Å². The Morgan fingerprint density at radius 3 is 2.76 bits per heavy atom. The van der Waals surface area contributed by atoms with Crippen LogP contribution in [0.3, 0.4) is 0 Å². The number of benzene rings is 2. The number of para-hydroxylation sites is 2. The van der Waals surface area contributed by atoms with Gasteiger partial charge >= 0.3 is 0 Å². The second kappa shape index (κ2) is 4.98. The van der Waals surface area contributed by atoms with E-state index in [9.17, 15) is 0 Å². The number of furan rings is 1. The van der Waals surface area contributed by atoms with Crippen LogP contribution < -0.4 is 5.73 Å². The summed E-state index contributed by atoms with van der Waals surface area (Å²) in [5.74, 6) is 0.815. The zero-order valence-corrected chi connectivity index (χ0v) is 12.1. The molecule has 104 valence electrons. The lowest BCUT2D eigenvalue weighted by molar-refractivity contribution is 0.494. The lowest BCUT2D eigenvalue weighted by Gasteiger charge is -2.05. The summed E-state index contributed by atoms with van der Waals surface area (Å²) >= 11 is 1.69. The fourth-order valence-corrected chi connectivity index (χ4v) is 3.51. The van der Waals surface area contributed by atoms with Gasteiger partial charge in [-0.15, -0.1) is 11.3 Å². The van der Waals surface area contributed by atoms with Crippen LogP contribution in [0.2, 0.25) is 0 Å². The second-order valence-electron chi connectivity index (χ2n) is 5.07. The van der Waals surface area contributed by atoms with Crippen LogP contribution in [0, 0.1) is 0 Å². The van der Waals surface area contributed by atoms with E-state index in [4.69, 9.17) is 10.2 Å². The Bertz CT molecular complexity index is 843. The maximum absolute atomic E-state index is 6.29. The second-order valence-corrected chi connectivity index (χ2v) is 6.19. The van der Waals surface area contributed by atoms with Gasteiger partial charge in [0.05, 0.1) is 21.3 Å². The van der Waals surface area contributed by atoms with Gasteiger partial charge in [0.1, 0.15) is 11.3 Å². The van der Waals surface area contributed by atoms with Crippen LogP contribution in [-0.4, -0.2) is 4.98 Å². The molecule has 2 aromatic carbocycles. The number of hydrogen-bond acceptors (Lipinski definition) is 4. The monoisotopic (exact) mass is 294 g/mol. The van der Waals surface area contributed by atoms with Crippen molar-refractivity contribution in [3.63, 3.8) is 0 Å². The van der Waals surface area contributed by atoms with Gasteiger partial charge in [0.25, 0.3) is 0 Å². The summed E-state index contributed by atoms with van der Waals surface area (Å²) in [5.41, 5.74) is 8.20. The molecule has 0 saturated heterocycles. The highest BCUT2D eigenvalue weighted by molar-refractivity contribution is 7.18. The fraction of sp³-hybridized carbons (Fsp3) is 0.118. The average molecular weight is 294 g/mol. The van der Waals surface area contributed by atoms with E-state index in [1.165, 1.54) is 4.70 Å². The average Bonchev–Trinajstić information content (AvgIpc) is 3.10. The molecule has 0 amide bonds. The minimum atomic E-state index is -0.169. The molecule has 1 unspecified atom stereocenters. The van der Waals surface area contributed by atoms with Crippen molar-refractivity contribution in [2.75, 3.05) is 0 Å². The number of hydrogen-bond donors (Lipinski definition) is 1. The van der Waals surface area contributed by atoms with Gasteiger partial charge in [-0.3, -0.25) is 0 Å². The number of nitrogens with two attached hydrogens (primary N) is 1. The Hall–Kier alpha value is -2.17. The molecule has 4 aromatic rings. The van der Waals surface area contributed by atoms with Crippen molar-refractivity contribution in [1.29, 1.82) is 0 Å². The molecule has 0 bridgehead atoms. The predicted molar refractivity (Wildman–Crippen MR) is 86.5 cm³/mol. The van der Waals surface area contributed by atoms with Gasteiger partial charge in [-0.1, -0.05) is 30.3 Å². The molecule has 4 rings (SSSR count). The van der Waals surface area contributed by atoms with Crippen LogP contribution in [0.1, 0.15) is 16.8 Å². The van der Waals surface area contributed by atoms with E-state index < -0.39 is 0 Å². The van der Waals surface area contributed by atoms with E-state index in [0.717, 1.165) is 27.3 Å². The fourth-order valence-electron chi connectivity index (χ4n) is 2.48. The van der Waals surface area contributed by atoms with Crippen LogP contribution in [0.15, 0.2) is 59.0 Å². The molecule has 0 saturated carbocycles. The Morgan fingerprint density at radius 2 is 1.90 bits per heavy atom. The predicted octanol–water partition coefficient (Wildman–Crippen LogP) is 4.29. The van der Waals surface area contributed by atoms with Gasteiger partial charge in [0.2, 0.25) is 0 Å². The number of aromatic nitrogens is 1. The smallest absolute Gasteiger partial charge is 0.134 e. The van der Waals surface area contributed by atoms with E-state index in [0.29, 0.717) is 6.42 Å². The number of rotatable bonds is 3. The number of fused-ring (bicyclic) bond motifs is 2. The summed E-state index contributed by atoms with van der Waals surface area (Å²) in [6.07, 6.45) is 0.694. The molecule has 21 heavy (non-hydrogen) atoms. The highest BCUT2D eigenvalue weighted by Crippen LogP contribution is 2.28. The largest absolute Gasteiger partial charge is 0.459 e. The van der Waals surface area contributed by atoms with Gasteiger partial charge < -0.3 is 10.2 Å². The third kappa shape index (κ3) is 2.33. The molecule has 2 N–H and O–H groups in total. The molecule has 0 aliphatic rings. The van der Waals surface area contributed by atoms with Gasteiger partial charge in [0, 0.05) is 11.8 Å². The summed E-state index contributed by atoms with van der Waals surface area (Å²) in [5, 5.41) is 2.14. The Kier molecular flexibility index (Phi) is 2.98. The first-order chi connectivity index (χ1) is 10.3. The molecule has 4 heteroatoms. The zero-order chi connectivity index (χ0) is 14.2. The van der Waals surface area contributed by atoms with Gasteiger partial charge in [-0.2, -0.15) is 0 Å². The van der Waals surface area contributed by atoms with Crippen LogP contribution in [-0.2, 0) is 6.42 Å². The van der Waals surface area contributed by atoms with Crippen molar-refractivity contribution >= 4 is 32.5 Å². The van der Waals surface area contributed by atoms with E-state index >= 15 is 0 Å². The normalized spacial score (nSPS) is 13.0. The maximum atomic E-state index is 6.29. The SMILES string of the molecule is NC(Cc1nc2ccccc2s1)c1cc2ccccc2o1. The van der Waals surface area contributed by atoms with Crippen molar-refractivity contribution in [2.24, 2.45) is 5.73 Å². The number of nitrogens with zero attached hydrogens (tertiary/aromatic N) is 1. The Morgan fingerprint density at radius 1 is 1.10 bits per heavy atom. The Labute approximate surface area is 126 Å². The zero-order valence-electron chi connectivity index (χ0n) is 11.3. The van der Waals surface area contributed by atoms with Crippen LogP contribution in [0.5, 0.6) is 0 Å². The van der Waals surface area contributed by atoms with E-state index in [1.807, 2.05) is 48.5 Å². The lowest BCUT2D eigenvalue weighted by atomic mass is 10.1. The van der Waals surface area contributed by atoms with Crippen LogP contribution in [0.25, 0.3) is 21.2 Å². The van der Waals surface area contributed by atoms with Crippen LogP contribution >= 0.6 is 11.3 Å². The standard InChI is InChI=1S/C17H14N2OS/c18-12(15-9-11-5-1-3-7-14(11)20-15)10-17-19-13-6-2-4-8-16(13)21-17/h1-9,12H,10,18H2. The third-order valence-corrected chi connectivity index (χ3v) is 4.60. The van der Waals surface area contributed by atoms with Crippen molar-refractivity contribution < 1.29 is 4.42 Å². The first-order valence-corrected chi connectivity index (χ1v) is 7.70. The van der Waals surface area contributed by atoms with E-state index in [2.05, 4.69) is 11.1 Å². The topological polar surface area (TPSA) is 52.0 Å². The Balaban J connectivity index is 1.63. The quantitative estimate of drug-likeness (QED) is 0.613. The van der Waals surface area contributed by atoms with Crippen molar-refractivity contribution in [2.45, 2.75) is 12.5 Å². The highest BCUT2D eigenvalue weighted by Gasteiger charge is 2.15. The molecule has 0 spiro atoms. The molecule has 2 heterocycles. The minimum absolute atomic E-state index is 0.169. The molecule has 3 nitrogen and oxygen atoms in total. The molecular formula is C17H14N2OS. The molecule has 2 aromatic heterocycles. The van der Waals surface area contributed by atoms with Crippen molar-refractivity contribution in [1.82, 2.24) is 4.98 Å². The molecule has 0 aliphatic carbocycles. The number of thiazole rings is 1.